The third-order valence-electron chi connectivity index (χ3n) is 7.18. The maximum absolute atomic E-state index is 6.06. The lowest BCUT2D eigenvalue weighted by molar-refractivity contribution is 0.664. The predicted molar refractivity (Wildman–Crippen MR) is 167 cm³/mol. The number of allylic oxidation sites excluding steroid dienone is 1. The largest absolute Gasteiger partial charge is 0.360 e. The van der Waals surface area contributed by atoms with E-state index in [1.807, 2.05) is 24.3 Å². The zero-order valence-electron chi connectivity index (χ0n) is 22.1. The van der Waals surface area contributed by atoms with Gasteiger partial charge < -0.3 is 11.1 Å². The molecule has 3 N–H and O–H groups in total. The van der Waals surface area contributed by atoms with Crippen LogP contribution in [0.4, 0.5) is 0 Å². The van der Waals surface area contributed by atoms with Crippen LogP contribution in [-0.4, -0.2) is 12.4 Å². The van der Waals surface area contributed by atoms with Gasteiger partial charge in [-0.2, -0.15) is 0 Å². The molecule has 1 aliphatic heterocycles. The highest BCUT2D eigenvalue weighted by atomic mass is 15.1. The second-order valence-corrected chi connectivity index (χ2v) is 9.81. The van der Waals surface area contributed by atoms with Crippen LogP contribution in [0, 0.1) is 0 Å². The summed E-state index contributed by atoms with van der Waals surface area (Å²) in [6, 6.07) is 46.2. The Morgan fingerprint density at radius 2 is 1.20 bits per heavy atom. The molecule has 5 aromatic carbocycles. The fourth-order valence-electron chi connectivity index (χ4n) is 4.99. The Morgan fingerprint density at radius 3 is 1.85 bits per heavy atom. The number of hydrogen-bond acceptors (Lipinski definition) is 4. The molecule has 194 valence electrons. The molecule has 40 heavy (non-hydrogen) atoms. The molecule has 0 fully saturated rings. The van der Waals surface area contributed by atoms with Crippen LogP contribution < -0.4 is 11.1 Å². The van der Waals surface area contributed by atoms with Crippen molar-refractivity contribution in [2.75, 3.05) is 0 Å². The van der Waals surface area contributed by atoms with E-state index in [0.29, 0.717) is 0 Å². The number of hydrogen-bond donors (Lipinski definition) is 2. The second-order valence-electron chi connectivity index (χ2n) is 9.81. The Balaban J connectivity index is 1.41. The highest BCUT2D eigenvalue weighted by Gasteiger charge is 2.20. The van der Waals surface area contributed by atoms with Gasteiger partial charge in [-0.05, 0) is 69.4 Å². The minimum Gasteiger partial charge on any atom is -0.360 e. The predicted octanol–water partition coefficient (Wildman–Crippen LogP) is 7.81. The summed E-state index contributed by atoms with van der Waals surface area (Å²) < 4.78 is 0. The topological polar surface area (TPSA) is 62.8 Å². The molecule has 0 amide bonds. The number of nitrogens with zero attached hydrogens (tertiary/aromatic N) is 2. The maximum Gasteiger partial charge on any atom is 0.145 e. The van der Waals surface area contributed by atoms with Gasteiger partial charge in [0.25, 0.3) is 0 Å². The summed E-state index contributed by atoms with van der Waals surface area (Å²) in [5.41, 5.74) is 16.8. The van der Waals surface area contributed by atoms with E-state index in [1.54, 1.807) is 0 Å². The van der Waals surface area contributed by atoms with E-state index in [2.05, 4.69) is 132 Å². The first-order valence-corrected chi connectivity index (χ1v) is 13.4. The van der Waals surface area contributed by atoms with E-state index in [4.69, 9.17) is 10.7 Å². The normalized spacial score (nSPS) is 15.4. The van der Waals surface area contributed by atoms with Crippen molar-refractivity contribution in [2.45, 2.75) is 12.3 Å². The highest BCUT2D eigenvalue weighted by molar-refractivity contribution is 6.13. The van der Waals surface area contributed by atoms with Crippen LogP contribution in [0.1, 0.15) is 34.6 Å². The Hall–Kier alpha value is -5.06. The van der Waals surface area contributed by atoms with Crippen LogP contribution in [0.3, 0.4) is 0 Å². The van der Waals surface area contributed by atoms with Crippen molar-refractivity contribution in [3.63, 3.8) is 0 Å². The Bertz CT molecular complexity index is 1690. The summed E-state index contributed by atoms with van der Waals surface area (Å²) in [6.07, 6.45) is 1.43. The quantitative estimate of drug-likeness (QED) is 0.216. The van der Waals surface area contributed by atoms with Crippen LogP contribution in [0.2, 0.25) is 0 Å². The minimum absolute atomic E-state index is 0.254. The van der Waals surface area contributed by atoms with Gasteiger partial charge >= 0.3 is 0 Å². The van der Waals surface area contributed by atoms with E-state index >= 15 is 0 Å². The first-order valence-electron chi connectivity index (χ1n) is 13.4. The average molecular weight is 519 g/mol. The third-order valence-corrected chi connectivity index (χ3v) is 7.18. The fourth-order valence-corrected chi connectivity index (χ4v) is 4.99. The molecule has 2 atom stereocenters. The number of rotatable bonds is 7. The van der Waals surface area contributed by atoms with Crippen molar-refractivity contribution in [3.05, 3.63) is 162 Å². The molecule has 0 aliphatic carbocycles. The smallest absolute Gasteiger partial charge is 0.145 e. The molecule has 0 bridgehead atoms. The fraction of sp³-hybridized carbons (Fsp3) is 0.0556. The highest BCUT2D eigenvalue weighted by Crippen LogP contribution is 2.31. The van der Waals surface area contributed by atoms with Crippen molar-refractivity contribution >= 4 is 18.1 Å². The van der Waals surface area contributed by atoms with Gasteiger partial charge in [-0.1, -0.05) is 121 Å². The van der Waals surface area contributed by atoms with Gasteiger partial charge in [0.1, 0.15) is 12.3 Å². The SMILES string of the molecule is C=NC(N)c1ccc(C2=NC(c3cccc(-c4ccccc4)c3)NC(c3cccc(-c4ccccc4)c3)=C2)cc1. The molecule has 0 spiro atoms. The number of nitrogens with one attached hydrogen (secondary N) is 1. The molecule has 0 aromatic heterocycles. The van der Waals surface area contributed by atoms with E-state index in [9.17, 15) is 0 Å². The molecule has 0 saturated heterocycles. The number of aliphatic imine (C=N–C) groups is 2. The van der Waals surface area contributed by atoms with E-state index in [0.717, 1.165) is 39.2 Å². The van der Waals surface area contributed by atoms with Gasteiger partial charge in [-0.25, -0.2) is 0 Å². The summed E-state index contributed by atoms with van der Waals surface area (Å²) in [5, 5.41) is 3.71. The summed E-state index contributed by atoms with van der Waals surface area (Å²) in [7, 11) is 0. The van der Waals surface area contributed by atoms with Crippen LogP contribution in [0.25, 0.3) is 28.0 Å². The van der Waals surface area contributed by atoms with Crippen molar-refractivity contribution in [1.29, 1.82) is 0 Å². The van der Waals surface area contributed by atoms with Crippen molar-refractivity contribution in [2.24, 2.45) is 15.7 Å². The number of benzene rings is 5. The molecular weight excluding hydrogens is 488 g/mol. The first kappa shape index (κ1) is 25.2. The summed E-state index contributed by atoms with van der Waals surface area (Å²) in [5.74, 6) is 0. The molecule has 1 heterocycles. The molecule has 0 saturated carbocycles. The van der Waals surface area contributed by atoms with E-state index in [-0.39, 0.29) is 6.17 Å². The van der Waals surface area contributed by atoms with Gasteiger partial charge in [-0.3, -0.25) is 9.98 Å². The number of nitrogens with two attached hydrogens (primary N) is 1. The van der Waals surface area contributed by atoms with Gasteiger partial charge in [0.15, 0.2) is 0 Å². The first-order chi connectivity index (χ1) is 19.7. The van der Waals surface area contributed by atoms with Crippen LogP contribution in [0.5, 0.6) is 0 Å². The van der Waals surface area contributed by atoms with Crippen molar-refractivity contribution in [1.82, 2.24) is 5.32 Å². The lowest BCUT2D eigenvalue weighted by Gasteiger charge is -2.25. The van der Waals surface area contributed by atoms with E-state index < -0.39 is 6.17 Å². The standard InChI is InChI=1S/C36H30N4/c1-38-35(37)28-20-18-27(19-21-28)33-24-34(31-16-8-14-29(22-31)25-10-4-2-5-11-25)40-36(39-33)32-17-9-15-30(23-32)26-12-6-3-7-13-26/h2-24,35-36,40H,1,37H2. The Kier molecular flexibility index (Phi) is 7.16. The molecule has 6 rings (SSSR count). The molecule has 5 aromatic rings. The Labute approximate surface area is 235 Å². The zero-order chi connectivity index (χ0) is 27.3. The minimum atomic E-state index is -0.440. The van der Waals surface area contributed by atoms with Crippen molar-refractivity contribution < 1.29 is 0 Å². The lowest BCUT2D eigenvalue weighted by Crippen LogP contribution is -2.25. The summed E-state index contributed by atoms with van der Waals surface area (Å²) in [6.45, 7) is 3.58. The average Bonchev–Trinajstić information content (AvgIpc) is 3.05. The van der Waals surface area contributed by atoms with E-state index in [1.165, 1.54) is 16.7 Å². The van der Waals surface area contributed by atoms with Crippen LogP contribution in [0.15, 0.2) is 150 Å². The maximum atomic E-state index is 6.06. The molecule has 4 heteroatoms. The zero-order valence-corrected chi connectivity index (χ0v) is 22.1. The lowest BCUT2D eigenvalue weighted by atomic mass is 9.97. The van der Waals surface area contributed by atoms with Crippen LogP contribution >= 0.6 is 0 Å². The second kappa shape index (κ2) is 11.4. The summed E-state index contributed by atoms with van der Waals surface area (Å²) >= 11 is 0. The van der Waals surface area contributed by atoms with Gasteiger partial charge in [-0.15, -0.1) is 0 Å². The molecule has 4 nitrogen and oxygen atoms in total. The van der Waals surface area contributed by atoms with Gasteiger partial charge in [0.2, 0.25) is 0 Å². The van der Waals surface area contributed by atoms with Gasteiger partial charge in [0.05, 0.1) is 5.71 Å². The van der Waals surface area contributed by atoms with Crippen LogP contribution in [-0.2, 0) is 0 Å². The molecule has 2 unspecified atom stereocenters. The molecular formula is C36H30N4. The summed E-state index contributed by atoms with van der Waals surface area (Å²) in [4.78, 5) is 9.12. The third kappa shape index (κ3) is 5.39. The Morgan fingerprint density at radius 1 is 0.625 bits per heavy atom. The molecule has 0 radical (unpaired) electrons. The van der Waals surface area contributed by atoms with Crippen molar-refractivity contribution in [3.8, 4) is 22.3 Å². The monoisotopic (exact) mass is 518 g/mol. The molecule has 1 aliphatic rings. The van der Waals surface area contributed by atoms with Gasteiger partial charge in [0, 0.05) is 5.70 Å².